The van der Waals surface area contributed by atoms with E-state index in [2.05, 4.69) is 46.3 Å². The second kappa shape index (κ2) is 5.78. The molecule has 1 saturated carbocycles. The lowest BCUT2D eigenvalue weighted by molar-refractivity contribution is -0.119. The second-order valence-corrected chi connectivity index (χ2v) is 7.96. The van der Waals surface area contributed by atoms with Crippen LogP contribution in [-0.4, -0.2) is 22.3 Å². The maximum atomic E-state index is 12.2. The minimum absolute atomic E-state index is 0.0660. The minimum Gasteiger partial charge on any atom is -0.371 e. The molecule has 3 rings (SSSR count). The normalized spacial score (nSPS) is 25.8. The first-order valence-corrected chi connectivity index (χ1v) is 8.60. The van der Waals surface area contributed by atoms with Gasteiger partial charge < -0.3 is 4.74 Å². The van der Waals surface area contributed by atoms with Crippen molar-refractivity contribution in [3.63, 3.8) is 0 Å². The molecular weight excluding hydrogens is 340 g/mol. The number of carbonyl (C=O) groups excluding carboxylic acids is 1. The first-order valence-electron chi connectivity index (χ1n) is 7.68. The van der Waals surface area contributed by atoms with E-state index < -0.39 is 0 Å². The van der Waals surface area contributed by atoms with Gasteiger partial charge in [-0.3, -0.25) is 4.79 Å². The molecule has 0 aliphatic heterocycles. The van der Waals surface area contributed by atoms with Crippen LogP contribution in [0.4, 0.5) is 0 Å². The molecule has 2 aromatic rings. The molecule has 0 bridgehead atoms. The van der Waals surface area contributed by atoms with Gasteiger partial charge in [0.1, 0.15) is 5.78 Å². The second-order valence-electron chi connectivity index (χ2n) is 6.97. The molecule has 116 valence electrons. The third-order valence-corrected chi connectivity index (χ3v) is 5.17. The van der Waals surface area contributed by atoms with E-state index in [1.807, 2.05) is 32.9 Å². The van der Waals surface area contributed by atoms with Crippen molar-refractivity contribution in [2.75, 3.05) is 0 Å². The Morgan fingerprint density at radius 1 is 1.09 bits per heavy atom. The van der Waals surface area contributed by atoms with Crippen molar-refractivity contribution in [2.45, 2.75) is 49.6 Å². The van der Waals surface area contributed by atoms with E-state index in [1.165, 1.54) is 16.3 Å². The number of carbonyl (C=O) groups is 1. The molecule has 0 radical (unpaired) electrons. The predicted octanol–water partition coefficient (Wildman–Crippen LogP) is 4.84. The summed E-state index contributed by atoms with van der Waals surface area (Å²) in [7, 11) is 0. The summed E-state index contributed by atoms with van der Waals surface area (Å²) in [6, 6.07) is 14.7. The summed E-state index contributed by atoms with van der Waals surface area (Å²) in [5.41, 5.74) is 0.914. The molecule has 1 aliphatic rings. The fourth-order valence-corrected chi connectivity index (χ4v) is 4.03. The highest BCUT2D eigenvalue weighted by Crippen LogP contribution is 2.41. The Kier molecular flexibility index (Phi) is 4.13. The summed E-state index contributed by atoms with van der Waals surface area (Å²) in [6.45, 7) is 6.11. The van der Waals surface area contributed by atoms with Crippen LogP contribution in [-0.2, 0) is 9.53 Å². The molecule has 0 N–H and O–H groups in total. The summed E-state index contributed by atoms with van der Waals surface area (Å²) in [4.78, 5) is 12.0. The molecule has 0 aromatic heterocycles. The van der Waals surface area contributed by atoms with Gasteiger partial charge >= 0.3 is 0 Å². The van der Waals surface area contributed by atoms with Crippen LogP contribution in [0.2, 0.25) is 0 Å². The maximum Gasteiger partial charge on any atom is 0.149 e. The van der Waals surface area contributed by atoms with Gasteiger partial charge in [0.2, 0.25) is 0 Å². The molecule has 0 saturated heterocycles. The smallest absolute Gasteiger partial charge is 0.149 e. The van der Waals surface area contributed by atoms with Gasteiger partial charge in [0.15, 0.2) is 0 Å². The third kappa shape index (κ3) is 3.11. The number of hydrogen-bond acceptors (Lipinski definition) is 2. The first kappa shape index (κ1) is 15.7. The van der Waals surface area contributed by atoms with Gasteiger partial charge in [0.05, 0.1) is 16.5 Å². The molecule has 3 atom stereocenters. The van der Waals surface area contributed by atoms with Gasteiger partial charge in [-0.05, 0) is 37.1 Å². The minimum atomic E-state index is -0.253. The number of rotatable bonds is 2. The molecular formula is C19H21BrO2. The van der Waals surface area contributed by atoms with Crippen LogP contribution in [0.5, 0.6) is 0 Å². The van der Waals surface area contributed by atoms with E-state index in [0.29, 0.717) is 6.42 Å². The zero-order valence-corrected chi connectivity index (χ0v) is 14.8. The summed E-state index contributed by atoms with van der Waals surface area (Å²) in [5.74, 6) is 0.295. The van der Waals surface area contributed by atoms with E-state index in [0.717, 1.165) is 0 Å². The topological polar surface area (TPSA) is 26.3 Å². The fourth-order valence-electron chi connectivity index (χ4n) is 3.19. The van der Waals surface area contributed by atoms with Crippen molar-refractivity contribution in [1.29, 1.82) is 0 Å². The van der Waals surface area contributed by atoms with Gasteiger partial charge in [0.25, 0.3) is 0 Å². The summed E-state index contributed by atoms with van der Waals surface area (Å²) >= 11 is 3.59. The molecule has 0 heterocycles. The predicted molar refractivity (Wildman–Crippen MR) is 93.7 cm³/mol. The molecule has 1 aliphatic carbocycles. The lowest BCUT2D eigenvalue weighted by Crippen LogP contribution is -2.30. The lowest BCUT2D eigenvalue weighted by Gasteiger charge is -2.29. The van der Waals surface area contributed by atoms with Gasteiger partial charge in [-0.25, -0.2) is 0 Å². The zero-order valence-electron chi connectivity index (χ0n) is 13.2. The number of halogens is 1. The molecule has 2 aromatic carbocycles. The van der Waals surface area contributed by atoms with Gasteiger partial charge in [0, 0.05) is 12.3 Å². The highest BCUT2D eigenvalue weighted by atomic mass is 79.9. The van der Waals surface area contributed by atoms with Gasteiger partial charge in [-0.15, -0.1) is 0 Å². The Bertz CT molecular complexity index is 702. The van der Waals surface area contributed by atoms with E-state index in [1.54, 1.807) is 0 Å². The van der Waals surface area contributed by atoms with Crippen LogP contribution in [0.25, 0.3) is 10.8 Å². The van der Waals surface area contributed by atoms with Crippen molar-refractivity contribution in [3.8, 4) is 0 Å². The van der Waals surface area contributed by atoms with Crippen LogP contribution in [0, 0.1) is 0 Å². The Hall–Kier alpha value is -1.19. The molecule has 1 fully saturated rings. The number of ketones is 1. The molecule has 2 nitrogen and oxygen atoms in total. The van der Waals surface area contributed by atoms with Crippen molar-refractivity contribution in [1.82, 2.24) is 0 Å². The molecule has 0 amide bonds. The van der Waals surface area contributed by atoms with Crippen molar-refractivity contribution in [3.05, 3.63) is 48.0 Å². The number of benzene rings is 2. The lowest BCUT2D eigenvalue weighted by atomic mass is 9.93. The van der Waals surface area contributed by atoms with E-state index >= 15 is 0 Å². The Balaban J connectivity index is 1.99. The summed E-state index contributed by atoms with van der Waals surface area (Å²) in [5, 5.41) is 2.42. The third-order valence-electron chi connectivity index (χ3n) is 4.09. The number of fused-ring (bicyclic) bond motifs is 1. The number of ether oxygens (including phenoxy) is 1. The molecule has 0 spiro atoms. The average molecular weight is 361 g/mol. The largest absolute Gasteiger partial charge is 0.371 e. The number of alkyl halides is 1. The van der Waals surface area contributed by atoms with Gasteiger partial charge in [-0.2, -0.15) is 0 Å². The Labute approximate surface area is 140 Å². The van der Waals surface area contributed by atoms with Crippen molar-refractivity contribution < 1.29 is 9.53 Å². The van der Waals surface area contributed by atoms with E-state index in [-0.39, 0.29) is 28.2 Å². The zero-order chi connectivity index (χ0) is 15.9. The quantitative estimate of drug-likeness (QED) is 0.716. The first-order chi connectivity index (χ1) is 10.3. The highest BCUT2D eigenvalue weighted by molar-refractivity contribution is 9.10. The summed E-state index contributed by atoms with van der Waals surface area (Å²) in [6.07, 6.45) is 0.406. The van der Waals surface area contributed by atoms with Crippen LogP contribution in [0.3, 0.4) is 0 Å². The maximum absolute atomic E-state index is 12.2. The number of Topliss-reactive ketones (excluding diaryl/α,β-unsaturated/α-hetero) is 1. The van der Waals surface area contributed by atoms with Gasteiger partial charge in [-0.1, -0.05) is 58.4 Å². The fraction of sp³-hybridized carbons (Fsp3) is 0.421. The monoisotopic (exact) mass is 360 g/mol. The summed E-state index contributed by atoms with van der Waals surface area (Å²) < 4.78 is 6.17. The highest BCUT2D eigenvalue weighted by Gasteiger charge is 2.44. The standard InChI is InChI=1S/C19H21BrO2/c1-19(2,3)22-16-11-15(21)18(20)17(16)14-9-8-12-6-4-5-7-13(12)10-14/h4-10,16-18H,11H2,1-3H3/t16-,17+,18?/m0/s1. The van der Waals surface area contributed by atoms with Crippen molar-refractivity contribution in [2.24, 2.45) is 0 Å². The van der Waals surface area contributed by atoms with Crippen LogP contribution < -0.4 is 0 Å². The Morgan fingerprint density at radius 3 is 2.45 bits per heavy atom. The van der Waals surface area contributed by atoms with Crippen LogP contribution >= 0.6 is 15.9 Å². The number of hydrogen-bond donors (Lipinski definition) is 0. The molecule has 1 unspecified atom stereocenters. The Morgan fingerprint density at radius 2 is 1.77 bits per heavy atom. The van der Waals surface area contributed by atoms with Crippen LogP contribution in [0.15, 0.2) is 42.5 Å². The van der Waals surface area contributed by atoms with Crippen LogP contribution in [0.1, 0.15) is 38.7 Å². The molecule has 3 heteroatoms. The van der Waals surface area contributed by atoms with Crippen molar-refractivity contribution >= 4 is 32.5 Å². The van der Waals surface area contributed by atoms with E-state index in [9.17, 15) is 4.79 Å². The SMILES string of the molecule is CC(C)(C)O[C@H]1CC(=O)C(Br)[C@@H]1c1ccc2ccccc2c1. The average Bonchev–Trinajstić information content (AvgIpc) is 2.71. The molecule has 22 heavy (non-hydrogen) atoms. The van der Waals surface area contributed by atoms with E-state index in [4.69, 9.17) is 4.74 Å².